The molecule has 0 saturated heterocycles. The fraction of sp³-hybridized carbons (Fsp3) is 0.556. The number of hydrogen-bond donors (Lipinski definition) is 1. The van der Waals surface area contributed by atoms with E-state index in [0.29, 0.717) is 0 Å². The van der Waals surface area contributed by atoms with Crippen LogP contribution in [0.2, 0.25) is 0 Å². The molecule has 61 valence electrons. The van der Waals surface area contributed by atoms with Crippen LogP contribution in [0.1, 0.15) is 16.8 Å². The molecule has 0 saturated carbocycles. The SMILES string of the molecule is Cc1[c][nH]c(C)c1CN(C)C. The highest BCUT2D eigenvalue weighted by molar-refractivity contribution is 5.27. The predicted molar refractivity (Wildman–Crippen MR) is 46.5 cm³/mol. The summed E-state index contributed by atoms with van der Waals surface area (Å²) < 4.78 is 0. The van der Waals surface area contributed by atoms with Gasteiger partial charge in [-0.3, -0.25) is 0 Å². The summed E-state index contributed by atoms with van der Waals surface area (Å²) in [5.74, 6) is 0. The highest BCUT2D eigenvalue weighted by atomic mass is 15.1. The fourth-order valence-electron chi connectivity index (χ4n) is 1.17. The average Bonchev–Trinajstić information content (AvgIpc) is 2.18. The molecule has 1 rings (SSSR count). The summed E-state index contributed by atoms with van der Waals surface area (Å²) in [6, 6.07) is 0. The van der Waals surface area contributed by atoms with Crippen molar-refractivity contribution in [1.29, 1.82) is 0 Å². The quantitative estimate of drug-likeness (QED) is 0.678. The monoisotopic (exact) mass is 151 g/mol. The molecule has 2 nitrogen and oxygen atoms in total. The lowest BCUT2D eigenvalue weighted by molar-refractivity contribution is 0.401. The molecule has 0 spiro atoms. The van der Waals surface area contributed by atoms with Gasteiger partial charge in [-0.25, -0.2) is 0 Å². The highest BCUT2D eigenvalue weighted by Gasteiger charge is 2.04. The van der Waals surface area contributed by atoms with Crippen LogP contribution in [0.25, 0.3) is 0 Å². The first kappa shape index (κ1) is 8.34. The maximum atomic E-state index is 3.09. The zero-order chi connectivity index (χ0) is 8.43. The lowest BCUT2D eigenvalue weighted by Crippen LogP contribution is -2.11. The van der Waals surface area contributed by atoms with Gasteiger partial charge in [-0.15, -0.1) is 0 Å². The van der Waals surface area contributed by atoms with Crippen LogP contribution in [0.3, 0.4) is 0 Å². The minimum Gasteiger partial charge on any atom is -0.357 e. The van der Waals surface area contributed by atoms with E-state index in [1.807, 2.05) is 0 Å². The Morgan fingerprint density at radius 3 is 2.36 bits per heavy atom. The van der Waals surface area contributed by atoms with Gasteiger partial charge in [0.15, 0.2) is 0 Å². The number of aromatic amines is 1. The lowest BCUT2D eigenvalue weighted by atomic mass is 10.1. The normalized spacial score (nSPS) is 11.0. The van der Waals surface area contributed by atoms with Crippen LogP contribution in [-0.2, 0) is 6.54 Å². The summed E-state index contributed by atoms with van der Waals surface area (Å²) in [5, 5.41) is 0. The van der Waals surface area contributed by atoms with Gasteiger partial charge in [0.2, 0.25) is 0 Å². The molecule has 1 heterocycles. The van der Waals surface area contributed by atoms with E-state index >= 15 is 0 Å². The van der Waals surface area contributed by atoms with E-state index in [0.717, 1.165) is 6.54 Å². The first-order valence-corrected chi connectivity index (χ1v) is 3.81. The van der Waals surface area contributed by atoms with Gasteiger partial charge in [-0.1, -0.05) is 0 Å². The fourth-order valence-corrected chi connectivity index (χ4v) is 1.17. The summed E-state index contributed by atoms with van der Waals surface area (Å²) in [6.07, 6.45) is 3.09. The molecule has 2 heteroatoms. The minimum absolute atomic E-state index is 0.998. The zero-order valence-electron chi connectivity index (χ0n) is 7.65. The average molecular weight is 151 g/mol. The highest BCUT2D eigenvalue weighted by Crippen LogP contribution is 2.12. The minimum atomic E-state index is 0.998. The van der Waals surface area contributed by atoms with Gasteiger partial charge in [-0.05, 0) is 39.1 Å². The molecular formula is C9H15N2. The van der Waals surface area contributed by atoms with Crippen LogP contribution >= 0.6 is 0 Å². The molecule has 11 heavy (non-hydrogen) atoms. The summed E-state index contributed by atoms with van der Waals surface area (Å²) in [5.41, 5.74) is 3.84. The Labute approximate surface area is 68.2 Å². The van der Waals surface area contributed by atoms with E-state index < -0.39 is 0 Å². The Bertz CT molecular complexity index is 216. The molecule has 0 unspecified atom stereocenters. The summed E-state index contributed by atoms with van der Waals surface area (Å²) in [7, 11) is 4.15. The molecule has 0 aliphatic heterocycles. The van der Waals surface area contributed by atoms with Crippen LogP contribution in [0.5, 0.6) is 0 Å². The van der Waals surface area contributed by atoms with E-state index in [-0.39, 0.29) is 0 Å². The van der Waals surface area contributed by atoms with Gasteiger partial charge in [-0.2, -0.15) is 0 Å². The molecule has 0 bridgehead atoms. The first-order chi connectivity index (χ1) is 5.11. The Kier molecular flexibility index (Phi) is 2.35. The van der Waals surface area contributed by atoms with Crippen LogP contribution in [0.15, 0.2) is 0 Å². The maximum absolute atomic E-state index is 3.09. The molecule has 1 aromatic rings. The Morgan fingerprint density at radius 2 is 2.00 bits per heavy atom. The van der Waals surface area contributed by atoms with Crippen molar-refractivity contribution in [3.8, 4) is 0 Å². The van der Waals surface area contributed by atoms with E-state index in [1.165, 1.54) is 16.8 Å². The molecule has 0 aliphatic rings. The number of nitrogens with zero attached hydrogens (tertiary/aromatic N) is 1. The smallest absolute Gasteiger partial charge is 0.0657 e. The predicted octanol–water partition coefficient (Wildman–Crippen LogP) is 1.49. The summed E-state index contributed by atoms with van der Waals surface area (Å²) in [6.45, 7) is 5.17. The van der Waals surface area contributed by atoms with Crippen molar-refractivity contribution >= 4 is 0 Å². The van der Waals surface area contributed by atoms with Gasteiger partial charge < -0.3 is 9.88 Å². The van der Waals surface area contributed by atoms with Crippen LogP contribution in [0, 0.1) is 20.0 Å². The first-order valence-electron chi connectivity index (χ1n) is 3.81. The number of hydrogen-bond acceptors (Lipinski definition) is 1. The molecule has 0 atom stereocenters. The Morgan fingerprint density at radius 1 is 1.36 bits per heavy atom. The molecule has 0 aliphatic carbocycles. The molecule has 1 radical (unpaired) electrons. The van der Waals surface area contributed by atoms with Gasteiger partial charge in [0.25, 0.3) is 0 Å². The van der Waals surface area contributed by atoms with Gasteiger partial charge >= 0.3 is 0 Å². The Balaban J connectivity index is 2.83. The van der Waals surface area contributed by atoms with Crippen LogP contribution in [0.4, 0.5) is 0 Å². The lowest BCUT2D eigenvalue weighted by Gasteiger charge is -2.09. The maximum Gasteiger partial charge on any atom is 0.0657 e. The summed E-state index contributed by atoms with van der Waals surface area (Å²) in [4.78, 5) is 5.25. The molecule has 0 fully saturated rings. The van der Waals surface area contributed by atoms with Crippen molar-refractivity contribution in [2.75, 3.05) is 14.1 Å². The number of rotatable bonds is 2. The zero-order valence-corrected chi connectivity index (χ0v) is 7.65. The molecule has 0 aromatic carbocycles. The van der Waals surface area contributed by atoms with E-state index in [2.05, 4.69) is 44.0 Å². The topological polar surface area (TPSA) is 19.0 Å². The standard InChI is InChI=1S/C9H15N2/c1-7-5-10-8(2)9(7)6-11(3)4/h10H,6H2,1-4H3. The van der Waals surface area contributed by atoms with Gasteiger partial charge in [0.05, 0.1) is 6.20 Å². The molecule has 1 aromatic heterocycles. The second-order valence-corrected chi connectivity index (χ2v) is 3.22. The van der Waals surface area contributed by atoms with E-state index in [1.54, 1.807) is 0 Å². The number of aromatic nitrogens is 1. The summed E-state index contributed by atoms with van der Waals surface area (Å²) >= 11 is 0. The third kappa shape index (κ3) is 1.84. The second-order valence-electron chi connectivity index (χ2n) is 3.22. The third-order valence-corrected chi connectivity index (χ3v) is 1.82. The third-order valence-electron chi connectivity index (χ3n) is 1.82. The largest absolute Gasteiger partial charge is 0.357 e. The van der Waals surface area contributed by atoms with Crippen molar-refractivity contribution in [2.45, 2.75) is 20.4 Å². The molecular weight excluding hydrogens is 136 g/mol. The van der Waals surface area contributed by atoms with Crippen molar-refractivity contribution < 1.29 is 0 Å². The van der Waals surface area contributed by atoms with E-state index in [9.17, 15) is 0 Å². The van der Waals surface area contributed by atoms with E-state index in [4.69, 9.17) is 0 Å². The number of H-pyrrole nitrogens is 1. The van der Waals surface area contributed by atoms with Crippen molar-refractivity contribution in [1.82, 2.24) is 9.88 Å². The number of nitrogens with one attached hydrogen (secondary N) is 1. The van der Waals surface area contributed by atoms with Crippen molar-refractivity contribution in [3.05, 3.63) is 23.0 Å². The molecule has 1 N–H and O–H groups in total. The number of aryl methyl sites for hydroxylation is 2. The van der Waals surface area contributed by atoms with Crippen molar-refractivity contribution in [3.63, 3.8) is 0 Å². The van der Waals surface area contributed by atoms with Crippen LogP contribution < -0.4 is 0 Å². The second kappa shape index (κ2) is 3.09. The van der Waals surface area contributed by atoms with Gasteiger partial charge in [0.1, 0.15) is 0 Å². The van der Waals surface area contributed by atoms with Crippen LogP contribution in [-0.4, -0.2) is 24.0 Å². The molecule has 0 amide bonds. The van der Waals surface area contributed by atoms with Crippen molar-refractivity contribution in [2.24, 2.45) is 0 Å². The Hall–Kier alpha value is -0.760. The van der Waals surface area contributed by atoms with Gasteiger partial charge in [0, 0.05) is 12.2 Å².